The molecule has 0 aliphatic carbocycles. The highest BCUT2D eigenvalue weighted by atomic mass is 35.5. The third-order valence-electron chi connectivity index (χ3n) is 2.78. The highest BCUT2D eigenvalue weighted by Crippen LogP contribution is 2.15. The van der Waals surface area contributed by atoms with Crippen molar-refractivity contribution in [1.82, 2.24) is 10.6 Å². The summed E-state index contributed by atoms with van der Waals surface area (Å²) in [6.07, 6.45) is 2.07. The first-order valence-electron chi connectivity index (χ1n) is 5.57. The van der Waals surface area contributed by atoms with Crippen LogP contribution >= 0.6 is 12.4 Å². The van der Waals surface area contributed by atoms with Crippen molar-refractivity contribution < 1.29 is 9.90 Å². The summed E-state index contributed by atoms with van der Waals surface area (Å²) in [5.74, 6) is -0.171. The van der Waals surface area contributed by atoms with E-state index in [4.69, 9.17) is 0 Å². The second-order valence-corrected chi connectivity index (χ2v) is 4.03. The van der Waals surface area contributed by atoms with E-state index in [1.807, 2.05) is 0 Å². The number of hydrogen-bond donors (Lipinski definition) is 3. The molecule has 1 atom stereocenters. The Hall–Kier alpha value is -1.26. The van der Waals surface area contributed by atoms with E-state index in [0.29, 0.717) is 5.56 Å². The largest absolute Gasteiger partial charge is 0.507 e. The average Bonchev–Trinajstić information content (AvgIpc) is 2.31. The molecule has 0 saturated carbocycles. The van der Waals surface area contributed by atoms with Crippen molar-refractivity contribution in [3.8, 4) is 5.75 Å². The van der Waals surface area contributed by atoms with Crippen molar-refractivity contribution in [3.63, 3.8) is 0 Å². The number of halogens is 1. The molecule has 1 amide bonds. The fraction of sp³-hybridized carbons (Fsp3) is 0.417. The van der Waals surface area contributed by atoms with Gasteiger partial charge in [-0.2, -0.15) is 0 Å². The van der Waals surface area contributed by atoms with Gasteiger partial charge >= 0.3 is 0 Å². The number of aromatic hydroxyl groups is 1. The van der Waals surface area contributed by atoms with E-state index in [1.165, 1.54) is 6.07 Å². The summed E-state index contributed by atoms with van der Waals surface area (Å²) in [4.78, 5) is 11.8. The Morgan fingerprint density at radius 1 is 1.41 bits per heavy atom. The van der Waals surface area contributed by atoms with Crippen LogP contribution < -0.4 is 10.6 Å². The Morgan fingerprint density at radius 3 is 2.82 bits per heavy atom. The van der Waals surface area contributed by atoms with Crippen LogP contribution in [-0.4, -0.2) is 30.1 Å². The normalized spacial score (nSPS) is 19.2. The molecule has 1 heterocycles. The van der Waals surface area contributed by atoms with Crippen LogP contribution in [0.5, 0.6) is 5.75 Å². The minimum absolute atomic E-state index is 0. The van der Waals surface area contributed by atoms with Crippen molar-refractivity contribution in [2.75, 3.05) is 13.1 Å². The third kappa shape index (κ3) is 3.61. The summed E-state index contributed by atoms with van der Waals surface area (Å²) in [6.45, 7) is 1.82. The Labute approximate surface area is 107 Å². The minimum atomic E-state index is -0.202. The van der Waals surface area contributed by atoms with Gasteiger partial charge in [-0.3, -0.25) is 4.79 Å². The lowest BCUT2D eigenvalue weighted by Crippen LogP contribution is -2.45. The van der Waals surface area contributed by atoms with Crippen LogP contribution in [0.4, 0.5) is 0 Å². The number of carbonyl (C=O) groups excluding carboxylic acids is 1. The van der Waals surface area contributed by atoms with Gasteiger partial charge in [-0.1, -0.05) is 12.1 Å². The molecular weight excluding hydrogens is 240 g/mol. The Balaban J connectivity index is 0.00000144. The van der Waals surface area contributed by atoms with Crippen molar-refractivity contribution in [3.05, 3.63) is 29.8 Å². The van der Waals surface area contributed by atoms with E-state index in [-0.39, 0.29) is 30.1 Å². The zero-order valence-electron chi connectivity index (χ0n) is 9.48. The second kappa shape index (κ2) is 6.47. The highest BCUT2D eigenvalue weighted by molar-refractivity contribution is 5.96. The van der Waals surface area contributed by atoms with Crippen LogP contribution in [0.25, 0.3) is 0 Å². The molecule has 1 fully saturated rings. The maximum Gasteiger partial charge on any atom is 0.255 e. The number of nitrogens with one attached hydrogen (secondary N) is 2. The van der Waals surface area contributed by atoms with Gasteiger partial charge in [-0.25, -0.2) is 0 Å². The monoisotopic (exact) mass is 256 g/mol. The van der Waals surface area contributed by atoms with E-state index >= 15 is 0 Å². The second-order valence-electron chi connectivity index (χ2n) is 4.03. The van der Waals surface area contributed by atoms with Gasteiger partial charge in [-0.15, -0.1) is 12.4 Å². The van der Waals surface area contributed by atoms with Crippen LogP contribution in [0.3, 0.4) is 0 Å². The van der Waals surface area contributed by atoms with Gasteiger partial charge in [0.1, 0.15) is 5.75 Å². The molecule has 1 aromatic carbocycles. The number of piperidine rings is 1. The Kier molecular flexibility index (Phi) is 5.25. The highest BCUT2D eigenvalue weighted by Gasteiger charge is 2.17. The smallest absolute Gasteiger partial charge is 0.255 e. The minimum Gasteiger partial charge on any atom is -0.507 e. The van der Waals surface area contributed by atoms with Crippen LogP contribution in [-0.2, 0) is 0 Å². The number of para-hydroxylation sites is 1. The third-order valence-corrected chi connectivity index (χ3v) is 2.78. The summed E-state index contributed by atoms with van der Waals surface area (Å²) < 4.78 is 0. The number of phenolic OH excluding ortho intramolecular Hbond substituents is 1. The molecule has 1 aromatic rings. The molecule has 5 heteroatoms. The average molecular weight is 257 g/mol. The van der Waals surface area contributed by atoms with E-state index in [2.05, 4.69) is 10.6 Å². The molecular formula is C12H17ClN2O2. The fourth-order valence-electron chi connectivity index (χ4n) is 1.90. The first-order chi connectivity index (χ1) is 7.77. The predicted octanol–water partition coefficient (Wildman–Crippen LogP) is 1.30. The molecule has 1 unspecified atom stereocenters. The van der Waals surface area contributed by atoms with Gasteiger partial charge in [0.05, 0.1) is 5.56 Å². The lowest BCUT2D eigenvalue weighted by atomic mass is 10.1. The number of amides is 1. The van der Waals surface area contributed by atoms with Gasteiger partial charge in [0.25, 0.3) is 5.91 Å². The van der Waals surface area contributed by atoms with E-state index in [9.17, 15) is 9.90 Å². The lowest BCUT2D eigenvalue weighted by Gasteiger charge is -2.23. The SMILES string of the molecule is Cl.O=C(NC1CCCNC1)c1ccccc1O. The number of benzene rings is 1. The number of carbonyl (C=O) groups is 1. The molecule has 0 aromatic heterocycles. The fourth-order valence-corrected chi connectivity index (χ4v) is 1.90. The molecule has 0 spiro atoms. The molecule has 0 bridgehead atoms. The van der Waals surface area contributed by atoms with Crippen LogP contribution in [0.2, 0.25) is 0 Å². The van der Waals surface area contributed by atoms with Crippen molar-refractivity contribution in [1.29, 1.82) is 0 Å². The zero-order chi connectivity index (χ0) is 11.4. The van der Waals surface area contributed by atoms with Crippen molar-refractivity contribution in [2.45, 2.75) is 18.9 Å². The van der Waals surface area contributed by atoms with Crippen molar-refractivity contribution >= 4 is 18.3 Å². The molecule has 1 aliphatic heterocycles. The molecule has 94 valence electrons. The quantitative estimate of drug-likeness (QED) is 0.747. The molecule has 1 saturated heterocycles. The van der Waals surface area contributed by atoms with Crippen LogP contribution in [0, 0.1) is 0 Å². The Bertz CT molecular complexity index is 379. The van der Waals surface area contributed by atoms with E-state index < -0.39 is 0 Å². The lowest BCUT2D eigenvalue weighted by molar-refractivity contribution is 0.0928. The molecule has 2 rings (SSSR count). The molecule has 0 radical (unpaired) electrons. The number of phenols is 1. The summed E-state index contributed by atoms with van der Waals surface area (Å²) in [7, 11) is 0. The van der Waals surface area contributed by atoms with Gasteiger partial charge in [-0.05, 0) is 31.5 Å². The van der Waals surface area contributed by atoms with Gasteiger partial charge in [0.2, 0.25) is 0 Å². The summed E-state index contributed by atoms with van der Waals surface area (Å²) in [5.41, 5.74) is 0.341. The summed E-state index contributed by atoms with van der Waals surface area (Å²) in [5, 5.41) is 15.7. The topological polar surface area (TPSA) is 61.4 Å². The van der Waals surface area contributed by atoms with E-state index in [1.54, 1.807) is 18.2 Å². The van der Waals surface area contributed by atoms with Gasteiger partial charge in [0.15, 0.2) is 0 Å². The van der Waals surface area contributed by atoms with Crippen LogP contribution in [0.15, 0.2) is 24.3 Å². The summed E-state index contributed by atoms with van der Waals surface area (Å²) in [6, 6.07) is 6.76. The molecule has 17 heavy (non-hydrogen) atoms. The predicted molar refractivity (Wildman–Crippen MR) is 68.7 cm³/mol. The number of hydrogen-bond acceptors (Lipinski definition) is 3. The maximum atomic E-state index is 11.8. The molecule has 4 nitrogen and oxygen atoms in total. The first kappa shape index (κ1) is 13.8. The standard InChI is InChI=1S/C12H16N2O2.ClH/c15-11-6-2-1-5-10(11)12(16)14-9-4-3-7-13-8-9;/h1-2,5-6,9,13,15H,3-4,7-8H2,(H,14,16);1H. The Morgan fingerprint density at radius 2 is 2.18 bits per heavy atom. The first-order valence-corrected chi connectivity index (χ1v) is 5.57. The zero-order valence-corrected chi connectivity index (χ0v) is 10.3. The molecule has 1 aliphatic rings. The molecule has 3 N–H and O–H groups in total. The van der Waals surface area contributed by atoms with Crippen molar-refractivity contribution in [2.24, 2.45) is 0 Å². The van der Waals surface area contributed by atoms with E-state index in [0.717, 1.165) is 25.9 Å². The van der Waals surface area contributed by atoms with Gasteiger partial charge < -0.3 is 15.7 Å². The maximum absolute atomic E-state index is 11.8. The van der Waals surface area contributed by atoms with Crippen LogP contribution in [0.1, 0.15) is 23.2 Å². The van der Waals surface area contributed by atoms with Gasteiger partial charge in [0, 0.05) is 12.6 Å². The summed E-state index contributed by atoms with van der Waals surface area (Å²) >= 11 is 0. The number of rotatable bonds is 2.